The van der Waals surface area contributed by atoms with E-state index in [0.29, 0.717) is 19.0 Å². The molecule has 0 fully saturated rings. The summed E-state index contributed by atoms with van der Waals surface area (Å²) < 4.78 is 10.9. The summed E-state index contributed by atoms with van der Waals surface area (Å²) in [5.41, 5.74) is 0.213. The molecule has 0 aromatic heterocycles. The largest absolute Gasteiger partial charge is 0.494 e. The molecule has 4 nitrogen and oxygen atoms in total. The predicted molar refractivity (Wildman–Crippen MR) is 73.2 cm³/mol. The Morgan fingerprint density at radius 3 is 2.47 bits per heavy atom. The summed E-state index contributed by atoms with van der Waals surface area (Å²) in [6.07, 6.45) is 0. The van der Waals surface area contributed by atoms with Crippen LogP contribution < -0.4 is 9.47 Å². The number of carboxylic acids is 1. The average Bonchev–Trinajstić information content (AvgIpc) is 2.38. The van der Waals surface area contributed by atoms with Crippen molar-refractivity contribution in [3.8, 4) is 11.5 Å². The third-order valence-electron chi connectivity index (χ3n) is 2.74. The van der Waals surface area contributed by atoms with Crippen molar-refractivity contribution in [3.05, 3.63) is 35.9 Å². The lowest BCUT2D eigenvalue weighted by atomic mass is 10.1. The lowest BCUT2D eigenvalue weighted by Gasteiger charge is -2.10. The van der Waals surface area contributed by atoms with E-state index >= 15 is 0 Å². The summed E-state index contributed by atoms with van der Waals surface area (Å²) in [5, 5.41) is 10.8. The molecule has 1 N–H and O–H groups in total. The highest BCUT2D eigenvalue weighted by Crippen LogP contribution is 2.30. The van der Waals surface area contributed by atoms with Crippen LogP contribution in [0.4, 0.5) is 0 Å². The summed E-state index contributed by atoms with van der Waals surface area (Å²) in [6.45, 7) is 4.84. The summed E-state index contributed by atoms with van der Waals surface area (Å²) in [4.78, 5) is 11.1. The number of carbonyl (C=O) groups is 1. The number of ether oxygens (including phenoxy) is 2. The number of fused-ring (bicyclic) bond motifs is 1. The molecule has 0 saturated carbocycles. The average molecular weight is 260 g/mol. The molecule has 2 rings (SSSR count). The minimum atomic E-state index is -0.968. The van der Waals surface area contributed by atoms with Crippen LogP contribution in [0.3, 0.4) is 0 Å². The summed E-state index contributed by atoms with van der Waals surface area (Å²) in [6, 6.07) is 8.75. The summed E-state index contributed by atoms with van der Waals surface area (Å²) in [7, 11) is 0. The van der Waals surface area contributed by atoms with E-state index in [1.807, 2.05) is 32.0 Å². The third kappa shape index (κ3) is 2.78. The van der Waals surface area contributed by atoms with Gasteiger partial charge in [0.25, 0.3) is 0 Å². The Labute approximate surface area is 111 Å². The first-order chi connectivity index (χ1) is 9.15. The molecule has 100 valence electrons. The molecule has 4 heteroatoms. The third-order valence-corrected chi connectivity index (χ3v) is 2.74. The van der Waals surface area contributed by atoms with Crippen LogP contribution in [0.25, 0.3) is 10.8 Å². The van der Waals surface area contributed by atoms with Crippen molar-refractivity contribution in [1.29, 1.82) is 0 Å². The van der Waals surface area contributed by atoms with E-state index < -0.39 is 5.97 Å². The van der Waals surface area contributed by atoms with Crippen LogP contribution in [-0.2, 0) is 0 Å². The van der Waals surface area contributed by atoms with Gasteiger partial charge in [0, 0.05) is 5.39 Å². The van der Waals surface area contributed by atoms with Crippen molar-refractivity contribution >= 4 is 16.7 Å². The molecule has 0 spiro atoms. The number of rotatable bonds is 5. The SMILES string of the molecule is CCOc1ccc2c(OCC)cc(C(=O)O)cc2c1. The standard InChI is InChI=1S/C15H16O4/c1-3-18-12-5-6-13-10(8-12)7-11(15(16)17)9-14(13)19-4-2/h5-9H,3-4H2,1-2H3,(H,16,17). The lowest BCUT2D eigenvalue weighted by Crippen LogP contribution is -2.00. The van der Waals surface area contributed by atoms with Gasteiger partial charge in [-0.25, -0.2) is 4.79 Å². The molecule has 2 aromatic rings. The number of carboxylic acid groups (broad SMARTS) is 1. The molecule has 0 saturated heterocycles. The minimum Gasteiger partial charge on any atom is -0.494 e. The van der Waals surface area contributed by atoms with Crippen LogP contribution in [0.1, 0.15) is 24.2 Å². The monoisotopic (exact) mass is 260 g/mol. The Hall–Kier alpha value is -2.23. The van der Waals surface area contributed by atoms with Crippen molar-refractivity contribution < 1.29 is 19.4 Å². The summed E-state index contributed by atoms with van der Waals surface area (Å²) in [5.74, 6) is 0.338. The molecule has 0 bridgehead atoms. The van der Waals surface area contributed by atoms with Gasteiger partial charge in [0.2, 0.25) is 0 Å². The molecule has 0 radical (unpaired) electrons. The van der Waals surface area contributed by atoms with E-state index in [1.165, 1.54) is 0 Å². The van der Waals surface area contributed by atoms with Gasteiger partial charge in [0.05, 0.1) is 18.8 Å². The Morgan fingerprint density at radius 2 is 1.84 bits per heavy atom. The Kier molecular flexibility index (Phi) is 3.90. The minimum absolute atomic E-state index is 0.213. The molecule has 0 atom stereocenters. The molecular weight excluding hydrogens is 244 g/mol. The van der Waals surface area contributed by atoms with Gasteiger partial charge in [0.15, 0.2) is 0 Å². The van der Waals surface area contributed by atoms with Crippen LogP contribution in [0.5, 0.6) is 11.5 Å². The maximum atomic E-state index is 11.1. The maximum absolute atomic E-state index is 11.1. The van der Waals surface area contributed by atoms with Crippen molar-refractivity contribution in [3.63, 3.8) is 0 Å². The number of benzene rings is 2. The second-order valence-electron chi connectivity index (χ2n) is 4.03. The highest BCUT2D eigenvalue weighted by molar-refractivity contribution is 5.98. The van der Waals surface area contributed by atoms with Crippen LogP contribution >= 0.6 is 0 Å². The zero-order valence-corrected chi connectivity index (χ0v) is 11.0. The highest BCUT2D eigenvalue weighted by Gasteiger charge is 2.10. The lowest BCUT2D eigenvalue weighted by molar-refractivity contribution is 0.0696. The first kappa shape index (κ1) is 13.2. The van der Waals surface area contributed by atoms with Crippen LogP contribution in [0.2, 0.25) is 0 Å². The molecule has 2 aromatic carbocycles. The Morgan fingerprint density at radius 1 is 1.11 bits per heavy atom. The van der Waals surface area contributed by atoms with Crippen LogP contribution in [0.15, 0.2) is 30.3 Å². The van der Waals surface area contributed by atoms with E-state index in [9.17, 15) is 4.79 Å². The quantitative estimate of drug-likeness (QED) is 0.895. The smallest absolute Gasteiger partial charge is 0.335 e. The normalized spacial score (nSPS) is 10.4. The van der Waals surface area contributed by atoms with Gasteiger partial charge in [-0.3, -0.25) is 0 Å². The fourth-order valence-electron chi connectivity index (χ4n) is 1.97. The van der Waals surface area contributed by atoms with Gasteiger partial charge in [-0.1, -0.05) is 0 Å². The zero-order chi connectivity index (χ0) is 13.8. The molecule has 0 unspecified atom stereocenters. The topological polar surface area (TPSA) is 55.8 Å². The molecule has 0 aliphatic heterocycles. The second kappa shape index (κ2) is 5.61. The molecule has 0 heterocycles. The summed E-state index contributed by atoms with van der Waals surface area (Å²) >= 11 is 0. The Balaban J connectivity index is 2.61. The van der Waals surface area contributed by atoms with E-state index in [4.69, 9.17) is 14.6 Å². The van der Waals surface area contributed by atoms with Crippen LogP contribution in [0, 0.1) is 0 Å². The van der Waals surface area contributed by atoms with Crippen molar-refractivity contribution in [1.82, 2.24) is 0 Å². The van der Waals surface area contributed by atoms with Gasteiger partial charge in [-0.05, 0) is 49.6 Å². The fraction of sp³-hybridized carbons (Fsp3) is 0.267. The molecule has 0 aliphatic rings. The first-order valence-corrected chi connectivity index (χ1v) is 6.22. The second-order valence-corrected chi connectivity index (χ2v) is 4.03. The zero-order valence-electron chi connectivity index (χ0n) is 11.0. The maximum Gasteiger partial charge on any atom is 0.335 e. The first-order valence-electron chi connectivity index (χ1n) is 6.22. The molecule has 0 aliphatic carbocycles. The van der Waals surface area contributed by atoms with Gasteiger partial charge < -0.3 is 14.6 Å². The Bertz CT molecular complexity index is 604. The van der Waals surface area contributed by atoms with E-state index in [0.717, 1.165) is 16.5 Å². The van der Waals surface area contributed by atoms with Gasteiger partial charge in [-0.15, -0.1) is 0 Å². The van der Waals surface area contributed by atoms with Crippen molar-refractivity contribution in [2.75, 3.05) is 13.2 Å². The van der Waals surface area contributed by atoms with E-state index in [1.54, 1.807) is 12.1 Å². The molecular formula is C15H16O4. The van der Waals surface area contributed by atoms with Crippen molar-refractivity contribution in [2.45, 2.75) is 13.8 Å². The molecule has 19 heavy (non-hydrogen) atoms. The highest BCUT2D eigenvalue weighted by atomic mass is 16.5. The predicted octanol–water partition coefficient (Wildman–Crippen LogP) is 3.34. The fourth-order valence-corrected chi connectivity index (χ4v) is 1.97. The number of hydrogen-bond donors (Lipinski definition) is 1. The molecule has 0 amide bonds. The van der Waals surface area contributed by atoms with Gasteiger partial charge in [0.1, 0.15) is 11.5 Å². The van der Waals surface area contributed by atoms with E-state index in [-0.39, 0.29) is 5.56 Å². The van der Waals surface area contributed by atoms with Gasteiger partial charge >= 0.3 is 5.97 Å². The number of aromatic carboxylic acids is 1. The van der Waals surface area contributed by atoms with E-state index in [2.05, 4.69) is 0 Å². The van der Waals surface area contributed by atoms with Gasteiger partial charge in [-0.2, -0.15) is 0 Å². The van der Waals surface area contributed by atoms with Crippen molar-refractivity contribution in [2.24, 2.45) is 0 Å². The number of hydrogen-bond acceptors (Lipinski definition) is 3. The van der Waals surface area contributed by atoms with Crippen LogP contribution in [-0.4, -0.2) is 24.3 Å².